The molecule has 1 N–H and O–H groups in total. The molecule has 4 heteroatoms. The number of nitrogens with one attached hydrogen (secondary N) is 1. The van der Waals surface area contributed by atoms with Gasteiger partial charge < -0.3 is 15.2 Å². The smallest absolute Gasteiger partial charge is 0.126 e. The van der Waals surface area contributed by atoms with Crippen LogP contribution in [0.25, 0.3) is 43.9 Å². The Balaban J connectivity index is 1.22. The summed E-state index contributed by atoms with van der Waals surface area (Å²) >= 11 is 0. The fourth-order valence-corrected chi connectivity index (χ4v) is 7.57. The molecule has 2 unspecified atom stereocenters. The van der Waals surface area contributed by atoms with Crippen LogP contribution in [0.5, 0.6) is 0 Å². The van der Waals surface area contributed by atoms with Crippen molar-refractivity contribution in [2.45, 2.75) is 31.6 Å². The molecule has 9 rings (SSSR count). The van der Waals surface area contributed by atoms with Gasteiger partial charge in [-0.05, 0) is 70.0 Å². The van der Waals surface area contributed by atoms with Crippen molar-refractivity contribution in [1.29, 1.82) is 0 Å². The number of fused-ring (bicyclic) bond motifs is 7. The third kappa shape index (κ3) is 4.07. The van der Waals surface area contributed by atoms with E-state index in [9.17, 15) is 0 Å². The lowest BCUT2D eigenvalue weighted by Gasteiger charge is -2.44. The molecule has 2 aliphatic rings. The van der Waals surface area contributed by atoms with E-state index in [1.165, 1.54) is 44.1 Å². The Bertz CT molecular complexity index is 2300. The molecule has 222 valence electrons. The van der Waals surface area contributed by atoms with Crippen LogP contribution in [-0.2, 0) is 5.41 Å². The molecule has 46 heavy (non-hydrogen) atoms. The normalized spacial score (nSPS) is 18.2. The van der Waals surface area contributed by atoms with Crippen molar-refractivity contribution >= 4 is 27.6 Å². The fraction of sp³-hybridized carbons (Fsp3) is 0.119. The third-order valence-electron chi connectivity index (χ3n) is 9.79. The van der Waals surface area contributed by atoms with Gasteiger partial charge in [0, 0.05) is 27.4 Å². The number of amidine groups is 1. The second-order valence-electron chi connectivity index (χ2n) is 12.8. The van der Waals surface area contributed by atoms with E-state index in [1.54, 1.807) is 0 Å². The molecule has 2 heterocycles. The van der Waals surface area contributed by atoms with Gasteiger partial charge in [-0.3, -0.25) is 4.99 Å². The van der Waals surface area contributed by atoms with E-state index in [1.807, 2.05) is 12.1 Å². The average Bonchev–Trinajstić information content (AvgIpc) is 3.58. The van der Waals surface area contributed by atoms with E-state index in [0.717, 1.165) is 28.2 Å². The molecule has 4 nitrogen and oxygen atoms in total. The lowest BCUT2D eigenvalue weighted by Crippen LogP contribution is -2.34. The van der Waals surface area contributed by atoms with Gasteiger partial charge in [0.2, 0.25) is 0 Å². The molecule has 0 fully saturated rings. The quantitative estimate of drug-likeness (QED) is 0.217. The first-order valence-corrected chi connectivity index (χ1v) is 16.0. The molecular weight excluding hydrogens is 560 g/mol. The van der Waals surface area contributed by atoms with E-state index < -0.39 is 0 Å². The number of hydrogen-bond acceptors (Lipinski definition) is 2. The molecule has 0 saturated carbocycles. The van der Waals surface area contributed by atoms with Gasteiger partial charge in [0.05, 0.1) is 11.0 Å². The van der Waals surface area contributed by atoms with Crippen LogP contribution in [-0.4, -0.2) is 10.4 Å². The van der Waals surface area contributed by atoms with Gasteiger partial charge in [-0.1, -0.05) is 135 Å². The highest BCUT2D eigenvalue weighted by atomic mass is 15.3. The minimum absolute atomic E-state index is 0.0519. The highest BCUT2D eigenvalue weighted by Gasteiger charge is 2.37. The van der Waals surface area contributed by atoms with Crippen molar-refractivity contribution < 1.29 is 0 Å². The van der Waals surface area contributed by atoms with E-state index in [2.05, 4.69) is 157 Å². The first kappa shape index (κ1) is 26.9. The van der Waals surface area contributed by atoms with Crippen molar-refractivity contribution in [3.05, 3.63) is 179 Å². The van der Waals surface area contributed by atoms with E-state index in [4.69, 9.17) is 10.3 Å². The molecule has 1 aromatic heterocycles. The Morgan fingerprint density at radius 2 is 1.37 bits per heavy atom. The van der Waals surface area contributed by atoms with Crippen molar-refractivity contribution in [3.8, 4) is 16.8 Å². The summed E-state index contributed by atoms with van der Waals surface area (Å²) in [6, 6.07) is 51.9. The van der Waals surface area contributed by atoms with E-state index in [-0.39, 0.29) is 17.7 Å². The van der Waals surface area contributed by atoms with Gasteiger partial charge in [0.25, 0.3) is 0 Å². The van der Waals surface area contributed by atoms with Crippen LogP contribution in [0, 0.1) is 0 Å². The number of rotatable bonds is 4. The van der Waals surface area contributed by atoms with Gasteiger partial charge in [-0.25, -0.2) is 0 Å². The summed E-state index contributed by atoms with van der Waals surface area (Å²) in [6.07, 6.45) is -0.507. The summed E-state index contributed by atoms with van der Waals surface area (Å²) in [7, 11) is 0. The molecule has 0 bridgehead atoms. The largest absolute Gasteiger partial charge is 0.613 e. The molecule has 2 atom stereocenters. The SMILES string of the molecule is CC1(C)c2ccccc2-c2c1ccc1c2c2ccccc2n1-c1cccc(C2=NC(c3ccccc3)[N-]C(c3ccccc3)N2)c1. The fourth-order valence-electron chi connectivity index (χ4n) is 7.57. The van der Waals surface area contributed by atoms with Gasteiger partial charge in [0.15, 0.2) is 0 Å². The average molecular weight is 594 g/mol. The van der Waals surface area contributed by atoms with E-state index in [0.29, 0.717) is 0 Å². The summed E-state index contributed by atoms with van der Waals surface area (Å²) in [4.78, 5) is 5.16. The zero-order valence-corrected chi connectivity index (χ0v) is 25.9. The minimum Gasteiger partial charge on any atom is -0.613 e. The van der Waals surface area contributed by atoms with Crippen LogP contribution >= 0.6 is 0 Å². The Morgan fingerprint density at radius 3 is 2.20 bits per heavy atom. The second kappa shape index (κ2) is 10.3. The van der Waals surface area contributed by atoms with Crippen molar-refractivity contribution in [3.63, 3.8) is 0 Å². The predicted octanol–water partition coefficient (Wildman–Crippen LogP) is 10.2. The van der Waals surface area contributed by atoms with Crippen LogP contribution in [0.4, 0.5) is 0 Å². The lowest BCUT2D eigenvalue weighted by atomic mass is 9.82. The number of aromatic nitrogens is 1. The predicted molar refractivity (Wildman–Crippen MR) is 190 cm³/mol. The maximum atomic E-state index is 5.16. The first-order valence-electron chi connectivity index (χ1n) is 16.0. The molecule has 6 aromatic carbocycles. The zero-order valence-electron chi connectivity index (χ0n) is 25.9. The summed E-state index contributed by atoms with van der Waals surface area (Å²) < 4.78 is 2.42. The number of benzene rings is 6. The minimum atomic E-state index is -0.300. The summed E-state index contributed by atoms with van der Waals surface area (Å²) in [5, 5.41) is 11.4. The topological polar surface area (TPSA) is 43.4 Å². The Hall–Kier alpha value is -5.45. The van der Waals surface area contributed by atoms with Crippen LogP contribution in [0.3, 0.4) is 0 Å². The number of para-hydroxylation sites is 1. The summed E-state index contributed by atoms with van der Waals surface area (Å²) in [5.74, 6) is 0.844. The molecule has 1 aliphatic heterocycles. The first-order chi connectivity index (χ1) is 22.6. The van der Waals surface area contributed by atoms with Crippen molar-refractivity contribution in [2.24, 2.45) is 4.99 Å². The Kier molecular flexibility index (Phi) is 6.02. The third-order valence-corrected chi connectivity index (χ3v) is 9.79. The molecule has 0 saturated heterocycles. The maximum Gasteiger partial charge on any atom is 0.126 e. The maximum absolute atomic E-state index is 5.16. The highest BCUT2D eigenvalue weighted by molar-refractivity contribution is 6.18. The Labute approximate surface area is 269 Å². The van der Waals surface area contributed by atoms with Gasteiger partial charge >= 0.3 is 0 Å². The van der Waals surface area contributed by atoms with Crippen LogP contribution in [0.2, 0.25) is 0 Å². The number of aliphatic imine (C=N–C) groups is 1. The highest BCUT2D eigenvalue weighted by Crippen LogP contribution is 2.53. The van der Waals surface area contributed by atoms with Gasteiger partial charge in [-0.2, -0.15) is 0 Å². The molecule has 1 aliphatic carbocycles. The van der Waals surface area contributed by atoms with Gasteiger partial charge in [-0.15, -0.1) is 0 Å². The summed E-state index contributed by atoms with van der Waals surface area (Å²) in [6.45, 7) is 4.70. The molecular formula is C42H33N4-. The van der Waals surface area contributed by atoms with Crippen LogP contribution in [0.15, 0.2) is 151 Å². The molecule has 0 amide bonds. The molecule has 7 aromatic rings. The van der Waals surface area contributed by atoms with Crippen LogP contribution in [0.1, 0.15) is 54.0 Å². The number of hydrogen-bond donors (Lipinski definition) is 1. The van der Waals surface area contributed by atoms with Gasteiger partial charge in [0.1, 0.15) is 5.84 Å². The second-order valence-corrected chi connectivity index (χ2v) is 12.8. The summed E-state index contributed by atoms with van der Waals surface area (Å²) in [5.41, 5.74) is 12.2. The molecule has 0 radical (unpaired) electrons. The van der Waals surface area contributed by atoms with Crippen LogP contribution < -0.4 is 5.32 Å². The number of nitrogens with zero attached hydrogens (tertiary/aromatic N) is 3. The monoisotopic (exact) mass is 593 g/mol. The van der Waals surface area contributed by atoms with Crippen molar-refractivity contribution in [2.75, 3.05) is 0 Å². The van der Waals surface area contributed by atoms with Crippen molar-refractivity contribution in [1.82, 2.24) is 9.88 Å². The Morgan fingerprint density at radius 1 is 0.652 bits per heavy atom. The zero-order chi connectivity index (χ0) is 30.8. The van der Waals surface area contributed by atoms with E-state index >= 15 is 0 Å². The lowest BCUT2D eigenvalue weighted by molar-refractivity contribution is 0.631. The standard InChI is InChI=1S/C42H33N4/c1-42(2)33-22-11-9-20-31(33)37-34(42)24-25-36-38(37)32-21-10-12-23-35(32)46(36)30-19-13-18-29(26-30)41-44-39(27-14-5-3-6-15-27)43-40(45-41)28-16-7-4-8-17-28/h3-26,39-40H,1-2H3,(H,44,45)/q-1. The molecule has 0 spiro atoms.